The van der Waals surface area contributed by atoms with Crippen LogP contribution in [-0.4, -0.2) is 71.5 Å². The standard InChI is InChI=1S/C30H41NO7/c1-2-3-4-14-29(32)37-22-21-36-20-19-35-18-17-34-16-9-15-31-30(33)38-23-28-26-12-7-5-10-24(26)25-11-6-8-13-27(25)28/h5-8,10-13,28H,2-4,9,14-23H2,1H3,(H,31,33). The fourth-order valence-corrected chi connectivity index (χ4v) is 4.36. The van der Waals surface area contributed by atoms with Gasteiger partial charge in [-0.1, -0.05) is 68.3 Å². The molecule has 38 heavy (non-hydrogen) atoms. The Morgan fingerprint density at radius 3 is 1.92 bits per heavy atom. The lowest BCUT2D eigenvalue weighted by atomic mass is 9.98. The smallest absolute Gasteiger partial charge is 0.407 e. The Balaban J connectivity index is 1.12. The van der Waals surface area contributed by atoms with Crippen LogP contribution in [0.4, 0.5) is 4.79 Å². The lowest BCUT2D eigenvalue weighted by molar-refractivity contribution is -0.145. The molecule has 1 amide bonds. The molecule has 0 spiro atoms. The van der Waals surface area contributed by atoms with Crippen molar-refractivity contribution < 1.29 is 33.3 Å². The zero-order valence-corrected chi connectivity index (χ0v) is 22.5. The van der Waals surface area contributed by atoms with Gasteiger partial charge in [0.1, 0.15) is 13.2 Å². The number of fused-ring (bicyclic) bond motifs is 3. The summed E-state index contributed by atoms with van der Waals surface area (Å²) in [5.74, 6) is -0.108. The molecular weight excluding hydrogens is 486 g/mol. The van der Waals surface area contributed by atoms with Crippen molar-refractivity contribution in [3.8, 4) is 11.1 Å². The Labute approximate surface area is 225 Å². The first-order chi connectivity index (χ1) is 18.7. The first-order valence-corrected chi connectivity index (χ1v) is 13.7. The summed E-state index contributed by atoms with van der Waals surface area (Å²) in [4.78, 5) is 23.6. The molecular formula is C30H41NO7. The second-order valence-corrected chi connectivity index (χ2v) is 9.12. The van der Waals surface area contributed by atoms with Crippen LogP contribution in [0.3, 0.4) is 0 Å². The Morgan fingerprint density at radius 2 is 1.29 bits per heavy atom. The number of rotatable bonds is 19. The van der Waals surface area contributed by atoms with E-state index in [1.54, 1.807) is 0 Å². The van der Waals surface area contributed by atoms with E-state index in [1.165, 1.54) is 22.3 Å². The van der Waals surface area contributed by atoms with Crippen LogP contribution in [0.15, 0.2) is 48.5 Å². The van der Waals surface area contributed by atoms with E-state index in [4.69, 9.17) is 23.7 Å². The van der Waals surface area contributed by atoms with Gasteiger partial charge in [-0.25, -0.2) is 4.79 Å². The first kappa shape index (κ1) is 29.6. The van der Waals surface area contributed by atoms with Crippen LogP contribution in [0.5, 0.6) is 0 Å². The van der Waals surface area contributed by atoms with Gasteiger partial charge < -0.3 is 29.0 Å². The van der Waals surface area contributed by atoms with Gasteiger partial charge in [0, 0.05) is 25.5 Å². The second kappa shape index (κ2) is 17.5. The van der Waals surface area contributed by atoms with Crippen molar-refractivity contribution in [2.75, 3.05) is 59.4 Å². The van der Waals surface area contributed by atoms with E-state index in [0.29, 0.717) is 65.6 Å². The third kappa shape index (κ3) is 10.1. The summed E-state index contributed by atoms with van der Waals surface area (Å²) in [6.07, 6.45) is 3.75. The molecule has 8 heteroatoms. The average molecular weight is 528 g/mol. The van der Waals surface area contributed by atoms with E-state index in [1.807, 2.05) is 24.3 Å². The summed E-state index contributed by atoms with van der Waals surface area (Å²) in [5, 5.41) is 2.79. The quantitative estimate of drug-likeness (QED) is 0.201. The van der Waals surface area contributed by atoms with E-state index in [-0.39, 0.29) is 18.5 Å². The fourth-order valence-electron chi connectivity index (χ4n) is 4.36. The van der Waals surface area contributed by atoms with E-state index >= 15 is 0 Å². The van der Waals surface area contributed by atoms with Crippen LogP contribution in [-0.2, 0) is 28.5 Å². The van der Waals surface area contributed by atoms with Crippen molar-refractivity contribution in [1.29, 1.82) is 0 Å². The van der Waals surface area contributed by atoms with Gasteiger partial charge in [-0.3, -0.25) is 4.79 Å². The first-order valence-electron chi connectivity index (χ1n) is 13.7. The number of esters is 1. The van der Waals surface area contributed by atoms with Crippen molar-refractivity contribution in [3.05, 3.63) is 59.7 Å². The lowest BCUT2D eigenvalue weighted by Gasteiger charge is -2.14. The van der Waals surface area contributed by atoms with E-state index in [0.717, 1.165) is 19.3 Å². The molecule has 1 aliphatic rings. The van der Waals surface area contributed by atoms with Crippen molar-refractivity contribution in [1.82, 2.24) is 5.32 Å². The van der Waals surface area contributed by atoms with Gasteiger partial charge >= 0.3 is 12.1 Å². The summed E-state index contributed by atoms with van der Waals surface area (Å²) >= 11 is 0. The molecule has 0 bridgehead atoms. The van der Waals surface area contributed by atoms with Gasteiger partial charge in [-0.15, -0.1) is 0 Å². The third-order valence-electron chi connectivity index (χ3n) is 6.30. The zero-order chi connectivity index (χ0) is 26.8. The predicted molar refractivity (Wildman–Crippen MR) is 145 cm³/mol. The summed E-state index contributed by atoms with van der Waals surface area (Å²) in [7, 11) is 0. The molecule has 0 aliphatic heterocycles. The number of ether oxygens (including phenoxy) is 5. The molecule has 2 aromatic carbocycles. The number of hydrogen-bond acceptors (Lipinski definition) is 7. The second-order valence-electron chi connectivity index (χ2n) is 9.12. The summed E-state index contributed by atoms with van der Waals surface area (Å²) in [5.41, 5.74) is 4.81. The molecule has 0 fully saturated rings. The molecule has 8 nitrogen and oxygen atoms in total. The molecule has 0 atom stereocenters. The van der Waals surface area contributed by atoms with Gasteiger partial charge in [0.25, 0.3) is 0 Å². The van der Waals surface area contributed by atoms with E-state index < -0.39 is 6.09 Å². The number of alkyl carbamates (subject to hydrolysis) is 1. The fraction of sp³-hybridized carbons (Fsp3) is 0.533. The number of carbonyl (C=O) groups excluding carboxylic acids is 2. The largest absolute Gasteiger partial charge is 0.463 e. The topological polar surface area (TPSA) is 92.3 Å². The van der Waals surface area contributed by atoms with Gasteiger partial charge in [0.05, 0.1) is 33.0 Å². The molecule has 0 radical (unpaired) electrons. The molecule has 0 unspecified atom stereocenters. The molecule has 0 aromatic heterocycles. The Kier molecular flexibility index (Phi) is 13.7. The van der Waals surface area contributed by atoms with Crippen molar-refractivity contribution in [2.45, 2.75) is 44.9 Å². The number of benzene rings is 2. The number of nitrogens with one attached hydrogen (secondary N) is 1. The normalized spacial score (nSPS) is 12.1. The predicted octanol–water partition coefficient (Wildman–Crippen LogP) is 5.09. The Morgan fingerprint density at radius 1 is 0.711 bits per heavy atom. The molecule has 0 saturated carbocycles. The van der Waals surface area contributed by atoms with Gasteiger partial charge in [-0.05, 0) is 35.1 Å². The van der Waals surface area contributed by atoms with Crippen LogP contribution in [0.25, 0.3) is 11.1 Å². The van der Waals surface area contributed by atoms with Crippen LogP contribution < -0.4 is 5.32 Å². The molecule has 0 saturated heterocycles. The lowest BCUT2D eigenvalue weighted by Crippen LogP contribution is -2.27. The van der Waals surface area contributed by atoms with Gasteiger partial charge in [0.2, 0.25) is 0 Å². The molecule has 1 aliphatic carbocycles. The maximum absolute atomic E-state index is 12.2. The number of unbranched alkanes of at least 4 members (excludes halogenated alkanes) is 2. The highest BCUT2D eigenvalue weighted by atomic mass is 16.6. The molecule has 0 heterocycles. The minimum atomic E-state index is -0.415. The summed E-state index contributed by atoms with van der Waals surface area (Å²) < 4.78 is 27.0. The SMILES string of the molecule is CCCCCC(=O)OCCOCCOCCOCCCNC(=O)OCC1c2ccccc2-c2ccccc21. The minimum absolute atomic E-state index is 0.0553. The van der Waals surface area contributed by atoms with Gasteiger partial charge in [-0.2, -0.15) is 0 Å². The van der Waals surface area contributed by atoms with Crippen LogP contribution in [0.1, 0.15) is 56.1 Å². The van der Waals surface area contributed by atoms with Gasteiger partial charge in [0.15, 0.2) is 0 Å². The Bertz CT molecular complexity index is 935. The number of carbonyl (C=O) groups is 2. The monoisotopic (exact) mass is 527 g/mol. The van der Waals surface area contributed by atoms with Crippen LogP contribution >= 0.6 is 0 Å². The maximum Gasteiger partial charge on any atom is 0.407 e. The highest BCUT2D eigenvalue weighted by Gasteiger charge is 2.28. The minimum Gasteiger partial charge on any atom is -0.463 e. The van der Waals surface area contributed by atoms with Crippen LogP contribution in [0, 0.1) is 0 Å². The molecule has 1 N–H and O–H groups in total. The third-order valence-corrected chi connectivity index (χ3v) is 6.30. The zero-order valence-electron chi connectivity index (χ0n) is 22.5. The number of amides is 1. The van der Waals surface area contributed by atoms with Crippen molar-refractivity contribution >= 4 is 12.1 Å². The maximum atomic E-state index is 12.2. The summed E-state index contributed by atoms with van der Waals surface area (Å²) in [6.45, 7) is 5.89. The Hall–Kier alpha value is -2.94. The molecule has 208 valence electrons. The number of hydrogen-bond donors (Lipinski definition) is 1. The van der Waals surface area contributed by atoms with Crippen molar-refractivity contribution in [3.63, 3.8) is 0 Å². The van der Waals surface area contributed by atoms with Crippen LogP contribution in [0.2, 0.25) is 0 Å². The van der Waals surface area contributed by atoms with E-state index in [2.05, 4.69) is 36.5 Å². The highest BCUT2D eigenvalue weighted by molar-refractivity contribution is 5.79. The van der Waals surface area contributed by atoms with Crippen molar-refractivity contribution in [2.24, 2.45) is 0 Å². The highest BCUT2D eigenvalue weighted by Crippen LogP contribution is 2.44. The van der Waals surface area contributed by atoms with E-state index in [9.17, 15) is 9.59 Å². The molecule has 2 aromatic rings. The summed E-state index contributed by atoms with van der Waals surface area (Å²) in [6, 6.07) is 16.6. The molecule has 3 rings (SSSR count). The average Bonchev–Trinajstić information content (AvgIpc) is 3.26.